The molecule has 1 saturated heterocycles. The van der Waals surface area contributed by atoms with Gasteiger partial charge in [0, 0.05) is 24.6 Å². The quantitative estimate of drug-likeness (QED) is 0.610. The molecule has 1 fully saturated rings. The number of carbonyl (C=O) groups is 1. The number of likely N-dealkylation sites (tertiary alicyclic amines) is 1. The summed E-state index contributed by atoms with van der Waals surface area (Å²) in [4.78, 5) is 14.8. The topological polar surface area (TPSA) is 55.3 Å². The molecule has 1 aliphatic rings. The van der Waals surface area contributed by atoms with Gasteiger partial charge in [-0.1, -0.05) is 0 Å². The summed E-state index contributed by atoms with van der Waals surface area (Å²) in [6, 6.07) is 15.0. The molecule has 0 N–H and O–H groups in total. The molecule has 1 aromatic heterocycles. The van der Waals surface area contributed by atoms with E-state index in [0.717, 1.165) is 29.8 Å². The molecular weight excluding hydrogens is 381 g/mol. The molecule has 0 aliphatic carbocycles. The average molecular weight is 405 g/mol. The van der Waals surface area contributed by atoms with Crippen LogP contribution in [0.2, 0.25) is 0 Å². The molecule has 0 unspecified atom stereocenters. The van der Waals surface area contributed by atoms with Gasteiger partial charge in [0.2, 0.25) is 0 Å². The second kappa shape index (κ2) is 8.61. The van der Waals surface area contributed by atoms with Crippen LogP contribution < -0.4 is 4.74 Å². The lowest BCUT2D eigenvalue weighted by molar-refractivity contribution is 0.0712. The van der Waals surface area contributed by atoms with Crippen molar-refractivity contribution in [2.45, 2.75) is 32.6 Å². The summed E-state index contributed by atoms with van der Waals surface area (Å²) in [7, 11) is 0. The number of aryl methyl sites for hydroxylation is 2. The highest BCUT2D eigenvalue weighted by Gasteiger charge is 2.25. The van der Waals surface area contributed by atoms with Gasteiger partial charge in [-0.25, -0.2) is 4.39 Å². The molecule has 2 aromatic carbocycles. The third-order valence-electron chi connectivity index (χ3n) is 5.60. The van der Waals surface area contributed by atoms with E-state index in [9.17, 15) is 9.18 Å². The summed E-state index contributed by atoms with van der Waals surface area (Å²) in [5, 5.41) is 8.59. The van der Waals surface area contributed by atoms with Gasteiger partial charge in [-0.05, 0) is 86.8 Å². The minimum absolute atomic E-state index is 0.0213. The molecular formula is C24H24FN3O2. The van der Waals surface area contributed by atoms with Crippen LogP contribution in [0.5, 0.6) is 11.5 Å². The van der Waals surface area contributed by atoms with E-state index in [1.165, 1.54) is 12.1 Å². The van der Waals surface area contributed by atoms with Crippen LogP contribution in [0.1, 0.15) is 46.1 Å². The first-order chi connectivity index (χ1) is 14.5. The Hall–Kier alpha value is -3.28. The number of hydrogen-bond donors (Lipinski definition) is 0. The molecule has 0 bridgehead atoms. The smallest absolute Gasteiger partial charge is 0.253 e. The first-order valence-electron chi connectivity index (χ1n) is 10.1. The monoisotopic (exact) mass is 405 g/mol. The molecule has 0 radical (unpaired) electrons. The molecule has 6 heteroatoms. The maximum Gasteiger partial charge on any atom is 0.253 e. The predicted octanol–water partition coefficient (Wildman–Crippen LogP) is 5.04. The second-order valence-electron chi connectivity index (χ2n) is 7.68. The number of amides is 1. The van der Waals surface area contributed by atoms with Gasteiger partial charge in [-0.15, -0.1) is 0 Å². The summed E-state index contributed by atoms with van der Waals surface area (Å²) < 4.78 is 18.7. The Bertz CT molecular complexity index is 1030. The van der Waals surface area contributed by atoms with Crippen molar-refractivity contribution >= 4 is 5.91 Å². The van der Waals surface area contributed by atoms with E-state index >= 15 is 0 Å². The number of halogens is 1. The van der Waals surface area contributed by atoms with E-state index in [-0.39, 0.29) is 11.7 Å². The van der Waals surface area contributed by atoms with E-state index in [2.05, 4.69) is 23.2 Å². The Balaban J connectivity index is 1.35. The first-order valence-corrected chi connectivity index (χ1v) is 10.1. The lowest BCUT2D eigenvalue weighted by atomic mass is 9.92. The Labute approximate surface area is 175 Å². The molecule has 5 nitrogen and oxygen atoms in total. The van der Waals surface area contributed by atoms with Crippen molar-refractivity contribution < 1.29 is 13.9 Å². The van der Waals surface area contributed by atoms with Gasteiger partial charge < -0.3 is 9.64 Å². The van der Waals surface area contributed by atoms with E-state index < -0.39 is 0 Å². The van der Waals surface area contributed by atoms with Crippen LogP contribution in [0, 0.1) is 19.7 Å². The molecule has 154 valence electrons. The first kappa shape index (κ1) is 20.0. The van der Waals surface area contributed by atoms with Crippen molar-refractivity contribution in [1.82, 2.24) is 15.1 Å². The molecule has 0 atom stereocenters. The number of piperidine rings is 1. The van der Waals surface area contributed by atoms with Crippen LogP contribution in [-0.4, -0.2) is 34.1 Å². The standard InChI is InChI=1S/C24H24FN3O2/c1-16-15-23(27-26-17(16)2)18-11-13-28(14-12-18)24(29)19-3-7-21(8-4-19)30-22-9-5-20(25)6-10-22/h3-10,15,18H,11-14H2,1-2H3. The predicted molar refractivity (Wildman–Crippen MR) is 112 cm³/mol. The van der Waals surface area contributed by atoms with Crippen molar-refractivity contribution in [2.24, 2.45) is 0 Å². The summed E-state index contributed by atoms with van der Waals surface area (Å²) >= 11 is 0. The maximum atomic E-state index is 13.0. The van der Waals surface area contributed by atoms with Gasteiger partial charge in [-0.3, -0.25) is 4.79 Å². The zero-order valence-corrected chi connectivity index (χ0v) is 17.1. The van der Waals surface area contributed by atoms with Gasteiger partial charge in [0.15, 0.2) is 0 Å². The molecule has 3 aromatic rings. The molecule has 1 amide bonds. The van der Waals surface area contributed by atoms with Crippen LogP contribution in [0.25, 0.3) is 0 Å². The Kier molecular flexibility index (Phi) is 5.74. The van der Waals surface area contributed by atoms with E-state index in [4.69, 9.17) is 4.74 Å². The highest BCUT2D eigenvalue weighted by atomic mass is 19.1. The second-order valence-corrected chi connectivity index (χ2v) is 7.68. The lowest BCUT2D eigenvalue weighted by Gasteiger charge is -2.31. The largest absolute Gasteiger partial charge is 0.457 e. The third kappa shape index (κ3) is 4.48. The fraction of sp³-hybridized carbons (Fsp3) is 0.292. The Morgan fingerprint density at radius 2 is 1.57 bits per heavy atom. The number of aromatic nitrogens is 2. The van der Waals surface area contributed by atoms with Crippen LogP contribution in [-0.2, 0) is 0 Å². The molecule has 4 rings (SSSR count). The lowest BCUT2D eigenvalue weighted by Crippen LogP contribution is -2.38. The number of hydrogen-bond acceptors (Lipinski definition) is 4. The van der Waals surface area contributed by atoms with E-state index in [1.807, 2.05) is 11.8 Å². The Morgan fingerprint density at radius 3 is 2.17 bits per heavy atom. The minimum Gasteiger partial charge on any atom is -0.457 e. The van der Waals surface area contributed by atoms with Crippen molar-refractivity contribution in [3.8, 4) is 11.5 Å². The fourth-order valence-corrected chi connectivity index (χ4v) is 3.63. The number of ether oxygens (including phenoxy) is 1. The van der Waals surface area contributed by atoms with Gasteiger partial charge in [-0.2, -0.15) is 10.2 Å². The van der Waals surface area contributed by atoms with Crippen LogP contribution >= 0.6 is 0 Å². The zero-order valence-electron chi connectivity index (χ0n) is 17.1. The Morgan fingerprint density at radius 1 is 0.967 bits per heavy atom. The van der Waals surface area contributed by atoms with Crippen molar-refractivity contribution in [3.63, 3.8) is 0 Å². The zero-order chi connectivity index (χ0) is 21.1. The van der Waals surface area contributed by atoms with Crippen LogP contribution in [0.4, 0.5) is 4.39 Å². The fourth-order valence-electron chi connectivity index (χ4n) is 3.63. The number of rotatable bonds is 4. The molecule has 30 heavy (non-hydrogen) atoms. The normalized spacial score (nSPS) is 14.6. The molecule has 2 heterocycles. The summed E-state index contributed by atoms with van der Waals surface area (Å²) in [6.45, 7) is 5.41. The van der Waals surface area contributed by atoms with Crippen molar-refractivity contribution in [2.75, 3.05) is 13.1 Å². The van der Waals surface area contributed by atoms with Crippen LogP contribution in [0.15, 0.2) is 54.6 Å². The number of carbonyl (C=O) groups excluding carboxylic acids is 1. The summed E-state index contributed by atoms with van der Waals surface area (Å²) in [6.07, 6.45) is 1.77. The third-order valence-corrected chi connectivity index (χ3v) is 5.60. The van der Waals surface area contributed by atoms with Gasteiger partial charge in [0.25, 0.3) is 5.91 Å². The van der Waals surface area contributed by atoms with Crippen molar-refractivity contribution in [3.05, 3.63) is 82.9 Å². The SMILES string of the molecule is Cc1cc(C2CCN(C(=O)c3ccc(Oc4ccc(F)cc4)cc3)CC2)nnc1C. The average Bonchev–Trinajstić information content (AvgIpc) is 2.77. The summed E-state index contributed by atoms with van der Waals surface area (Å²) in [5.41, 5.74) is 3.76. The highest BCUT2D eigenvalue weighted by Crippen LogP contribution is 2.28. The van der Waals surface area contributed by atoms with E-state index in [0.29, 0.717) is 36.1 Å². The van der Waals surface area contributed by atoms with Gasteiger partial charge >= 0.3 is 0 Å². The minimum atomic E-state index is -0.309. The molecule has 0 saturated carbocycles. The van der Waals surface area contributed by atoms with Gasteiger partial charge in [0.05, 0.1) is 11.4 Å². The number of nitrogens with zero attached hydrogens (tertiary/aromatic N) is 3. The molecule has 0 spiro atoms. The number of benzene rings is 2. The van der Waals surface area contributed by atoms with Crippen LogP contribution in [0.3, 0.4) is 0 Å². The highest BCUT2D eigenvalue weighted by molar-refractivity contribution is 5.94. The summed E-state index contributed by atoms with van der Waals surface area (Å²) in [5.74, 6) is 1.20. The van der Waals surface area contributed by atoms with Gasteiger partial charge in [0.1, 0.15) is 17.3 Å². The van der Waals surface area contributed by atoms with E-state index in [1.54, 1.807) is 36.4 Å². The van der Waals surface area contributed by atoms with Crippen molar-refractivity contribution in [1.29, 1.82) is 0 Å². The maximum absolute atomic E-state index is 13.0. The molecule has 1 aliphatic heterocycles.